The van der Waals surface area contributed by atoms with Crippen molar-refractivity contribution in [2.45, 2.75) is 18.9 Å². The summed E-state index contributed by atoms with van der Waals surface area (Å²) >= 11 is 0. The van der Waals surface area contributed by atoms with E-state index in [4.69, 9.17) is 0 Å². The minimum atomic E-state index is -0.0842. The van der Waals surface area contributed by atoms with Crippen molar-refractivity contribution in [3.05, 3.63) is 24.3 Å². The lowest BCUT2D eigenvalue weighted by molar-refractivity contribution is -0.117. The molecule has 1 atom stereocenters. The first-order valence-corrected chi connectivity index (χ1v) is 6.94. The number of rotatable bonds is 3. The Morgan fingerprint density at radius 3 is 2.57 bits per heavy atom. The quantitative estimate of drug-likeness (QED) is 0.788. The second-order valence-electron chi connectivity index (χ2n) is 5.07. The maximum absolute atomic E-state index is 12.0. The summed E-state index contributed by atoms with van der Waals surface area (Å²) in [6, 6.07) is 7.20. The van der Waals surface area contributed by atoms with E-state index in [-0.39, 0.29) is 30.4 Å². The van der Waals surface area contributed by atoms with Crippen LogP contribution in [0.3, 0.4) is 0 Å². The largest absolute Gasteiger partial charge is 0.336 e. The second-order valence-corrected chi connectivity index (χ2v) is 5.07. The smallest absolute Gasteiger partial charge is 0.321 e. The number of halogens is 1. The number of benzene rings is 1. The van der Waals surface area contributed by atoms with Crippen molar-refractivity contribution in [2.75, 3.05) is 29.9 Å². The molecule has 2 saturated heterocycles. The summed E-state index contributed by atoms with van der Waals surface area (Å²) in [5, 5.41) is 8.82. The van der Waals surface area contributed by atoms with Crippen LogP contribution in [0.15, 0.2) is 24.3 Å². The van der Waals surface area contributed by atoms with E-state index in [0.717, 1.165) is 30.8 Å². The minimum Gasteiger partial charge on any atom is -0.336 e. The van der Waals surface area contributed by atoms with Gasteiger partial charge in [0.1, 0.15) is 0 Å². The van der Waals surface area contributed by atoms with E-state index < -0.39 is 0 Å². The summed E-state index contributed by atoms with van der Waals surface area (Å²) in [6.45, 7) is 2.25. The van der Waals surface area contributed by atoms with Crippen molar-refractivity contribution >= 4 is 35.7 Å². The van der Waals surface area contributed by atoms with Gasteiger partial charge in [-0.2, -0.15) is 0 Å². The highest BCUT2D eigenvalue weighted by Crippen LogP contribution is 2.20. The van der Waals surface area contributed by atoms with Crippen molar-refractivity contribution < 1.29 is 9.59 Å². The van der Waals surface area contributed by atoms with Gasteiger partial charge >= 0.3 is 6.03 Å². The zero-order valence-electron chi connectivity index (χ0n) is 11.6. The molecule has 1 aromatic carbocycles. The molecule has 2 aliphatic rings. The van der Waals surface area contributed by atoms with Gasteiger partial charge in [-0.05, 0) is 43.7 Å². The van der Waals surface area contributed by atoms with Crippen LogP contribution < -0.4 is 20.9 Å². The molecule has 2 aliphatic heterocycles. The lowest BCUT2D eigenvalue weighted by Gasteiger charge is -2.15. The Kier molecular flexibility index (Phi) is 5.03. The molecule has 3 rings (SSSR count). The molecule has 0 radical (unpaired) electrons. The molecule has 2 heterocycles. The van der Waals surface area contributed by atoms with Gasteiger partial charge in [0.25, 0.3) is 0 Å². The van der Waals surface area contributed by atoms with E-state index in [2.05, 4.69) is 16.0 Å². The van der Waals surface area contributed by atoms with Gasteiger partial charge in [-0.3, -0.25) is 9.69 Å². The number of nitrogens with one attached hydrogen (secondary N) is 3. The predicted molar refractivity (Wildman–Crippen MR) is 84.1 cm³/mol. The molecule has 0 bridgehead atoms. The van der Waals surface area contributed by atoms with Crippen LogP contribution >= 0.6 is 12.4 Å². The lowest BCUT2D eigenvalue weighted by atomic mass is 10.2. The molecular weight excluding hydrogens is 292 g/mol. The van der Waals surface area contributed by atoms with E-state index in [0.29, 0.717) is 13.1 Å². The highest BCUT2D eigenvalue weighted by atomic mass is 35.5. The van der Waals surface area contributed by atoms with Crippen LogP contribution in [0.2, 0.25) is 0 Å². The molecule has 2 fully saturated rings. The summed E-state index contributed by atoms with van der Waals surface area (Å²) < 4.78 is 0. The number of carbonyl (C=O) groups excluding carboxylic acids is 2. The van der Waals surface area contributed by atoms with Crippen LogP contribution in [0.4, 0.5) is 16.2 Å². The van der Waals surface area contributed by atoms with E-state index in [1.54, 1.807) is 4.90 Å². The van der Waals surface area contributed by atoms with Gasteiger partial charge in [-0.15, -0.1) is 12.4 Å². The Hall–Kier alpha value is -1.79. The molecule has 1 unspecified atom stereocenters. The molecule has 7 heteroatoms. The van der Waals surface area contributed by atoms with E-state index in [9.17, 15) is 9.59 Å². The third-order valence-corrected chi connectivity index (χ3v) is 3.68. The topological polar surface area (TPSA) is 73.5 Å². The normalized spacial score (nSPS) is 20.9. The molecule has 0 aliphatic carbocycles. The van der Waals surface area contributed by atoms with Crippen LogP contribution in [0.1, 0.15) is 12.8 Å². The van der Waals surface area contributed by atoms with Crippen LogP contribution in [-0.4, -0.2) is 37.6 Å². The molecular formula is C14H19ClN4O2. The molecule has 21 heavy (non-hydrogen) atoms. The highest BCUT2D eigenvalue weighted by molar-refractivity contribution is 5.96. The highest BCUT2D eigenvalue weighted by Gasteiger charge is 2.23. The third kappa shape index (κ3) is 3.46. The van der Waals surface area contributed by atoms with Gasteiger partial charge in [0.05, 0.1) is 6.04 Å². The molecule has 0 spiro atoms. The average molecular weight is 311 g/mol. The van der Waals surface area contributed by atoms with Gasteiger partial charge < -0.3 is 16.0 Å². The maximum atomic E-state index is 12.0. The van der Waals surface area contributed by atoms with Gasteiger partial charge in [0.2, 0.25) is 5.91 Å². The second kappa shape index (κ2) is 6.78. The zero-order valence-corrected chi connectivity index (χ0v) is 12.4. The number of urea groups is 1. The lowest BCUT2D eigenvalue weighted by Crippen LogP contribution is -2.35. The standard InChI is InChI=1S/C14H18N4O2.ClH/c19-13(12-2-1-7-15-12)17-10-3-5-11(6-4-10)18-9-8-16-14(18)20;/h3-6,12,15H,1-2,7-9H2,(H,16,20)(H,17,19);1H. The van der Waals surface area contributed by atoms with Gasteiger partial charge in [0.15, 0.2) is 0 Å². The molecule has 114 valence electrons. The van der Waals surface area contributed by atoms with E-state index >= 15 is 0 Å². The fraction of sp³-hybridized carbons (Fsp3) is 0.429. The van der Waals surface area contributed by atoms with E-state index in [1.807, 2.05) is 24.3 Å². The summed E-state index contributed by atoms with van der Waals surface area (Å²) in [7, 11) is 0. The fourth-order valence-electron chi connectivity index (χ4n) is 2.58. The first-order valence-electron chi connectivity index (χ1n) is 6.94. The Morgan fingerprint density at radius 2 is 2.00 bits per heavy atom. The van der Waals surface area contributed by atoms with Crippen molar-refractivity contribution in [2.24, 2.45) is 0 Å². The Labute approximate surface area is 129 Å². The van der Waals surface area contributed by atoms with Crippen LogP contribution in [0.5, 0.6) is 0 Å². The summed E-state index contributed by atoms with van der Waals surface area (Å²) in [6.07, 6.45) is 1.93. The summed E-state index contributed by atoms with van der Waals surface area (Å²) in [5.41, 5.74) is 1.60. The zero-order chi connectivity index (χ0) is 13.9. The monoisotopic (exact) mass is 310 g/mol. The first kappa shape index (κ1) is 15.6. The van der Waals surface area contributed by atoms with E-state index in [1.165, 1.54) is 0 Å². The van der Waals surface area contributed by atoms with Crippen molar-refractivity contribution in [1.82, 2.24) is 10.6 Å². The Morgan fingerprint density at radius 1 is 1.24 bits per heavy atom. The predicted octanol–water partition coefficient (Wildman–Crippen LogP) is 1.33. The molecule has 0 saturated carbocycles. The number of nitrogens with zero attached hydrogens (tertiary/aromatic N) is 1. The maximum Gasteiger partial charge on any atom is 0.321 e. The van der Waals surface area contributed by atoms with Crippen LogP contribution in [-0.2, 0) is 4.79 Å². The van der Waals surface area contributed by atoms with Crippen molar-refractivity contribution in [3.63, 3.8) is 0 Å². The van der Waals surface area contributed by atoms with Crippen LogP contribution in [0, 0.1) is 0 Å². The first-order chi connectivity index (χ1) is 9.74. The number of hydrogen-bond donors (Lipinski definition) is 3. The minimum absolute atomic E-state index is 0. The SMILES string of the molecule is Cl.O=C(Nc1ccc(N2CCNC2=O)cc1)C1CCCN1. The van der Waals surface area contributed by atoms with Gasteiger partial charge in [-0.1, -0.05) is 0 Å². The van der Waals surface area contributed by atoms with Crippen LogP contribution in [0.25, 0.3) is 0 Å². The molecule has 1 aromatic rings. The molecule has 6 nitrogen and oxygen atoms in total. The third-order valence-electron chi connectivity index (χ3n) is 3.68. The summed E-state index contributed by atoms with van der Waals surface area (Å²) in [4.78, 5) is 25.2. The van der Waals surface area contributed by atoms with Crippen molar-refractivity contribution in [1.29, 1.82) is 0 Å². The Balaban J connectivity index is 0.00000161. The van der Waals surface area contributed by atoms with Gasteiger partial charge in [-0.25, -0.2) is 4.79 Å². The average Bonchev–Trinajstić information content (AvgIpc) is 3.11. The number of hydrogen-bond acceptors (Lipinski definition) is 3. The fourth-order valence-corrected chi connectivity index (χ4v) is 2.58. The number of carbonyl (C=O) groups is 2. The number of amides is 3. The Bertz CT molecular complexity index is 514. The van der Waals surface area contributed by atoms with Gasteiger partial charge in [0, 0.05) is 24.5 Å². The van der Waals surface area contributed by atoms with Crippen molar-refractivity contribution in [3.8, 4) is 0 Å². The number of anilines is 2. The summed E-state index contributed by atoms with van der Waals surface area (Å²) in [5.74, 6) is 0.00849. The molecule has 3 amide bonds. The molecule has 0 aromatic heterocycles. The molecule has 3 N–H and O–H groups in total.